The zero-order valence-corrected chi connectivity index (χ0v) is 12.8. The summed E-state index contributed by atoms with van der Waals surface area (Å²) >= 11 is 0. The van der Waals surface area contributed by atoms with E-state index in [4.69, 9.17) is 0 Å². The zero-order valence-electron chi connectivity index (χ0n) is 12.8. The summed E-state index contributed by atoms with van der Waals surface area (Å²) in [7, 11) is 0. The molecule has 0 saturated carbocycles. The van der Waals surface area contributed by atoms with E-state index in [0.29, 0.717) is 17.8 Å². The van der Waals surface area contributed by atoms with Gasteiger partial charge in [-0.2, -0.15) is 0 Å². The second-order valence-corrected chi connectivity index (χ2v) is 6.09. The molecule has 0 radical (unpaired) electrons. The summed E-state index contributed by atoms with van der Waals surface area (Å²) in [4.78, 5) is 11.8. The van der Waals surface area contributed by atoms with Crippen molar-refractivity contribution in [2.24, 2.45) is 0 Å². The lowest BCUT2D eigenvalue weighted by molar-refractivity contribution is 0.101. The molecule has 1 aromatic rings. The van der Waals surface area contributed by atoms with E-state index >= 15 is 0 Å². The van der Waals surface area contributed by atoms with E-state index in [9.17, 15) is 4.79 Å². The average molecular weight is 246 g/mol. The number of ketones is 1. The van der Waals surface area contributed by atoms with E-state index < -0.39 is 0 Å². The molecule has 0 heterocycles. The van der Waals surface area contributed by atoms with Gasteiger partial charge in [-0.15, -0.1) is 0 Å². The molecule has 0 N–H and O–H groups in total. The lowest BCUT2D eigenvalue weighted by Crippen LogP contribution is -2.08. The number of hydrogen-bond acceptors (Lipinski definition) is 1. The van der Waals surface area contributed by atoms with Gasteiger partial charge < -0.3 is 0 Å². The van der Waals surface area contributed by atoms with E-state index in [0.717, 1.165) is 5.56 Å². The zero-order chi connectivity index (χ0) is 14.0. The van der Waals surface area contributed by atoms with Crippen molar-refractivity contribution in [3.05, 3.63) is 34.4 Å². The quantitative estimate of drug-likeness (QED) is 0.662. The monoisotopic (exact) mass is 246 g/mol. The van der Waals surface area contributed by atoms with Gasteiger partial charge >= 0.3 is 0 Å². The van der Waals surface area contributed by atoms with Crippen molar-refractivity contribution in [1.82, 2.24) is 0 Å². The normalized spacial score (nSPS) is 11.7. The van der Waals surface area contributed by atoms with Crippen LogP contribution in [0.1, 0.15) is 93.3 Å². The Labute approximate surface area is 112 Å². The molecule has 0 amide bonds. The molecule has 1 nitrogen and oxygen atoms in total. The minimum absolute atomic E-state index is 0.177. The van der Waals surface area contributed by atoms with E-state index in [-0.39, 0.29) is 5.78 Å². The van der Waals surface area contributed by atoms with Crippen LogP contribution in [0.15, 0.2) is 12.1 Å². The highest BCUT2D eigenvalue weighted by Crippen LogP contribution is 2.32. The number of carbonyl (C=O) groups excluding carboxylic acids is 1. The Morgan fingerprint density at radius 3 is 1.50 bits per heavy atom. The molecular formula is C17H26O. The first-order valence-electron chi connectivity index (χ1n) is 6.94. The number of rotatable bonds is 4. The van der Waals surface area contributed by atoms with Crippen LogP contribution in [-0.2, 0) is 0 Å². The molecule has 0 aliphatic heterocycles. The third-order valence-electron chi connectivity index (χ3n) is 3.50. The summed E-state index contributed by atoms with van der Waals surface area (Å²) in [6.45, 7) is 14.8. The van der Waals surface area contributed by atoms with Gasteiger partial charge in [-0.05, 0) is 47.4 Å². The predicted octanol–water partition coefficient (Wildman–Crippen LogP) is 5.26. The minimum Gasteiger partial charge on any atom is -0.295 e. The smallest absolute Gasteiger partial charge is 0.160 e. The molecule has 0 aliphatic rings. The van der Waals surface area contributed by atoms with Crippen molar-refractivity contribution in [3.63, 3.8) is 0 Å². The molecule has 1 rings (SSSR count). The second kappa shape index (κ2) is 5.69. The molecule has 1 aromatic carbocycles. The summed E-state index contributed by atoms with van der Waals surface area (Å²) in [6.07, 6.45) is 0. The van der Waals surface area contributed by atoms with E-state index in [1.165, 1.54) is 16.7 Å². The Kier molecular flexibility index (Phi) is 4.72. The summed E-state index contributed by atoms with van der Waals surface area (Å²) < 4.78 is 0. The van der Waals surface area contributed by atoms with Crippen molar-refractivity contribution < 1.29 is 4.79 Å². The maximum atomic E-state index is 11.8. The van der Waals surface area contributed by atoms with Gasteiger partial charge in [0.15, 0.2) is 5.78 Å². The van der Waals surface area contributed by atoms with Crippen LogP contribution in [0.5, 0.6) is 0 Å². The fourth-order valence-electron chi connectivity index (χ4n) is 2.43. The first kappa shape index (κ1) is 14.9. The number of hydrogen-bond donors (Lipinski definition) is 0. The van der Waals surface area contributed by atoms with Gasteiger partial charge in [0, 0.05) is 5.56 Å². The third kappa shape index (κ3) is 3.01. The van der Waals surface area contributed by atoms with Gasteiger partial charge in [-0.3, -0.25) is 4.79 Å². The first-order chi connectivity index (χ1) is 8.25. The molecule has 0 aliphatic carbocycles. The molecule has 100 valence electrons. The lowest BCUT2D eigenvalue weighted by Gasteiger charge is -2.21. The van der Waals surface area contributed by atoms with Crippen molar-refractivity contribution in [2.75, 3.05) is 0 Å². The van der Waals surface area contributed by atoms with E-state index in [1.54, 1.807) is 6.92 Å². The SMILES string of the molecule is CC(=O)c1cc(C(C)C)c(C(C)C)cc1C(C)C. The molecule has 18 heavy (non-hydrogen) atoms. The van der Waals surface area contributed by atoms with Gasteiger partial charge in [0.2, 0.25) is 0 Å². The molecular weight excluding hydrogens is 220 g/mol. The summed E-state index contributed by atoms with van der Waals surface area (Å²) in [5, 5.41) is 0. The molecule has 0 aromatic heterocycles. The van der Waals surface area contributed by atoms with Crippen LogP contribution in [0, 0.1) is 0 Å². The summed E-state index contributed by atoms with van der Waals surface area (Å²) in [5.41, 5.74) is 4.80. The Morgan fingerprint density at radius 1 is 0.778 bits per heavy atom. The Bertz CT molecular complexity index is 439. The maximum absolute atomic E-state index is 11.8. The van der Waals surface area contributed by atoms with Crippen LogP contribution in [0.3, 0.4) is 0 Å². The number of Topliss-reactive ketones (excluding diaryl/α,β-unsaturated/α-hetero) is 1. The maximum Gasteiger partial charge on any atom is 0.160 e. The van der Waals surface area contributed by atoms with Gasteiger partial charge in [-0.25, -0.2) is 0 Å². The average Bonchev–Trinajstić information content (AvgIpc) is 2.26. The molecule has 1 heteroatoms. The highest BCUT2D eigenvalue weighted by molar-refractivity contribution is 5.96. The van der Waals surface area contributed by atoms with Crippen LogP contribution in [0.4, 0.5) is 0 Å². The molecule has 0 saturated heterocycles. The largest absolute Gasteiger partial charge is 0.295 e. The molecule has 0 fully saturated rings. The van der Waals surface area contributed by atoms with E-state index in [1.807, 2.05) is 0 Å². The molecule has 0 bridgehead atoms. The fourth-order valence-corrected chi connectivity index (χ4v) is 2.43. The van der Waals surface area contributed by atoms with Gasteiger partial charge in [-0.1, -0.05) is 47.6 Å². The van der Waals surface area contributed by atoms with Crippen LogP contribution in [0.25, 0.3) is 0 Å². The lowest BCUT2D eigenvalue weighted by atomic mass is 9.83. The molecule has 0 unspecified atom stereocenters. The van der Waals surface area contributed by atoms with Crippen LogP contribution < -0.4 is 0 Å². The van der Waals surface area contributed by atoms with Crippen LogP contribution >= 0.6 is 0 Å². The van der Waals surface area contributed by atoms with Crippen molar-refractivity contribution in [3.8, 4) is 0 Å². The topological polar surface area (TPSA) is 17.1 Å². The van der Waals surface area contributed by atoms with Crippen LogP contribution in [0.2, 0.25) is 0 Å². The van der Waals surface area contributed by atoms with Crippen molar-refractivity contribution in [2.45, 2.75) is 66.2 Å². The Balaban J connectivity index is 3.55. The standard InChI is InChI=1S/C17H26O/c1-10(2)14-8-16(12(5)6)17(13(7)18)9-15(14)11(3)4/h8-12H,1-7H3. The Morgan fingerprint density at radius 2 is 1.17 bits per heavy atom. The first-order valence-corrected chi connectivity index (χ1v) is 6.94. The van der Waals surface area contributed by atoms with Crippen molar-refractivity contribution in [1.29, 1.82) is 0 Å². The highest BCUT2D eigenvalue weighted by atomic mass is 16.1. The van der Waals surface area contributed by atoms with E-state index in [2.05, 4.69) is 53.7 Å². The number of carbonyl (C=O) groups is 1. The number of benzene rings is 1. The fraction of sp³-hybridized carbons (Fsp3) is 0.588. The highest BCUT2D eigenvalue weighted by Gasteiger charge is 2.18. The Hall–Kier alpha value is -1.11. The molecule has 0 spiro atoms. The second-order valence-electron chi connectivity index (χ2n) is 6.09. The third-order valence-corrected chi connectivity index (χ3v) is 3.50. The summed E-state index contributed by atoms with van der Waals surface area (Å²) in [5.74, 6) is 1.53. The van der Waals surface area contributed by atoms with Gasteiger partial charge in [0.25, 0.3) is 0 Å². The van der Waals surface area contributed by atoms with Gasteiger partial charge in [0.05, 0.1) is 0 Å². The predicted molar refractivity (Wildman–Crippen MR) is 78.7 cm³/mol. The van der Waals surface area contributed by atoms with Gasteiger partial charge in [0.1, 0.15) is 0 Å². The summed E-state index contributed by atoms with van der Waals surface area (Å²) in [6, 6.07) is 4.37. The van der Waals surface area contributed by atoms with Crippen LogP contribution in [-0.4, -0.2) is 5.78 Å². The molecule has 0 atom stereocenters. The van der Waals surface area contributed by atoms with Crippen molar-refractivity contribution >= 4 is 5.78 Å². The minimum atomic E-state index is 0.177.